The summed E-state index contributed by atoms with van der Waals surface area (Å²) in [4.78, 5) is 0. The number of para-hydroxylation sites is 1. The molecule has 0 aliphatic rings. The van der Waals surface area contributed by atoms with Gasteiger partial charge in [-0.3, -0.25) is 0 Å². The van der Waals surface area contributed by atoms with Crippen LogP contribution in [0, 0.1) is 17.2 Å². The molecular formula is C12H15NO. The van der Waals surface area contributed by atoms with E-state index >= 15 is 0 Å². The zero-order valence-corrected chi connectivity index (χ0v) is 8.82. The topological polar surface area (TPSA) is 33.0 Å². The molecule has 1 aromatic carbocycles. The first-order valence-corrected chi connectivity index (χ1v) is 4.81. The van der Waals surface area contributed by atoms with E-state index in [4.69, 9.17) is 10.00 Å². The monoisotopic (exact) mass is 189 g/mol. The van der Waals surface area contributed by atoms with E-state index in [1.807, 2.05) is 25.1 Å². The quantitative estimate of drug-likeness (QED) is 0.732. The summed E-state index contributed by atoms with van der Waals surface area (Å²) >= 11 is 0. The van der Waals surface area contributed by atoms with Crippen molar-refractivity contribution in [1.82, 2.24) is 0 Å². The van der Waals surface area contributed by atoms with E-state index < -0.39 is 0 Å². The Balaban J connectivity index is 2.82. The van der Waals surface area contributed by atoms with Gasteiger partial charge in [-0.05, 0) is 25.0 Å². The van der Waals surface area contributed by atoms with Gasteiger partial charge >= 0.3 is 0 Å². The minimum atomic E-state index is 0.129. The van der Waals surface area contributed by atoms with Crippen LogP contribution in [0.3, 0.4) is 0 Å². The number of nitrogens with zero attached hydrogens (tertiary/aromatic N) is 1. The van der Waals surface area contributed by atoms with Crippen molar-refractivity contribution in [1.29, 1.82) is 5.26 Å². The van der Waals surface area contributed by atoms with E-state index in [9.17, 15) is 0 Å². The molecule has 2 nitrogen and oxygen atoms in total. The van der Waals surface area contributed by atoms with Gasteiger partial charge < -0.3 is 4.74 Å². The fourth-order valence-electron chi connectivity index (χ4n) is 0.998. The van der Waals surface area contributed by atoms with Crippen LogP contribution in [0.4, 0.5) is 0 Å². The van der Waals surface area contributed by atoms with Gasteiger partial charge in [0.15, 0.2) is 0 Å². The van der Waals surface area contributed by atoms with Crippen LogP contribution >= 0.6 is 0 Å². The standard InChI is InChI=1S/C12H15NO/c1-9(2)10(3)14-12-7-5-4-6-11(12)8-13/h4-7,9-10H,1-3H3. The lowest BCUT2D eigenvalue weighted by Crippen LogP contribution is -2.19. The highest BCUT2D eigenvalue weighted by Gasteiger charge is 2.10. The lowest BCUT2D eigenvalue weighted by Gasteiger charge is -2.18. The molecule has 0 radical (unpaired) electrons. The van der Waals surface area contributed by atoms with Gasteiger partial charge in [-0.15, -0.1) is 0 Å². The van der Waals surface area contributed by atoms with Gasteiger partial charge in [0, 0.05) is 0 Å². The normalized spacial score (nSPS) is 12.2. The summed E-state index contributed by atoms with van der Waals surface area (Å²) in [5.74, 6) is 1.12. The fourth-order valence-corrected chi connectivity index (χ4v) is 0.998. The van der Waals surface area contributed by atoms with Gasteiger partial charge in [-0.25, -0.2) is 0 Å². The summed E-state index contributed by atoms with van der Waals surface area (Å²) in [5.41, 5.74) is 0.597. The van der Waals surface area contributed by atoms with Crippen LogP contribution in [-0.4, -0.2) is 6.10 Å². The smallest absolute Gasteiger partial charge is 0.137 e. The van der Waals surface area contributed by atoms with Gasteiger partial charge in [0.05, 0.1) is 11.7 Å². The number of benzene rings is 1. The van der Waals surface area contributed by atoms with Crippen LogP contribution in [0.15, 0.2) is 24.3 Å². The molecule has 74 valence electrons. The maximum atomic E-state index is 8.84. The van der Waals surface area contributed by atoms with Gasteiger partial charge in [0.25, 0.3) is 0 Å². The maximum absolute atomic E-state index is 8.84. The molecule has 0 aromatic heterocycles. The molecule has 1 aromatic rings. The highest BCUT2D eigenvalue weighted by atomic mass is 16.5. The second-order valence-corrected chi connectivity index (χ2v) is 3.67. The first kappa shape index (κ1) is 10.6. The van der Waals surface area contributed by atoms with E-state index in [-0.39, 0.29) is 6.10 Å². The molecule has 2 heteroatoms. The van der Waals surface area contributed by atoms with Crippen molar-refractivity contribution in [2.75, 3.05) is 0 Å². The maximum Gasteiger partial charge on any atom is 0.137 e. The van der Waals surface area contributed by atoms with Crippen molar-refractivity contribution < 1.29 is 4.74 Å². The fraction of sp³-hybridized carbons (Fsp3) is 0.417. The van der Waals surface area contributed by atoms with Crippen LogP contribution in [0.1, 0.15) is 26.3 Å². The van der Waals surface area contributed by atoms with Crippen LogP contribution in [0.25, 0.3) is 0 Å². The van der Waals surface area contributed by atoms with Crippen LogP contribution in [0.5, 0.6) is 5.75 Å². The van der Waals surface area contributed by atoms with Crippen molar-refractivity contribution in [3.8, 4) is 11.8 Å². The Labute approximate surface area is 85.1 Å². The zero-order chi connectivity index (χ0) is 10.6. The van der Waals surface area contributed by atoms with E-state index in [0.29, 0.717) is 17.2 Å². The largest absolute Gasteiger partial charge is 0.489 e. The van der Waals surface area contributed by atoms with Gasteiger partial charge in [0.2, 0.25) is 0 Å². The summed E-state index contributed by atoms with van der Waals surface area (Å²) in [6.07, 6.45) is 0.129. The molecule has 0 spiro atoms. The molecule has 0 aliphatic carbocycles. The Kier molecular flexibility index (Phi) is 3.53. The third-order valence-corrected chi connectivity index (χ3v) is 2.26. The Morgan fingerprint density at radius 3 is 2.43 bits per heavy atom. The number of hydrogen-bond acceptors (Lipinski definition) is 2. The van der Waals surface area contributed by atoms with Crippen LogP contribution in [0.2, 0.25) is 0 Å². The Hall–Kier alpha value is -1.49. The summed E-state index contributed by atoms with van der Waals surface area (Å²) in [7, 11) is 0. The van der Waals surface area contributed by atoms with E-state index in [2.05, 4.69) is 19.9 Å². The predicted octanol–water partition coefficient (Wildman–Crippen LogP) is 2.98. The molecule has 0 aliphatic heterocycles. The SMILES string of the molecule is CC(C)C(C)Oc1ccccc1C#N. The van der Waals surface area contributed by atoms with Gasteiger partial charge in [-0.1, -0.05) is 26.0 Å². The highest BCUT2D eigenvalue weighted by molar-refractivity contribution is 5.42. The van der Waals surface area contributed by atoms with Gasteiger partial charge in [0.1, 0.15) is 11.8 Å². The number of nitriles is 1. The second-order valence-electron chi connectivity index (χ2n) is 3.67. The van der Waals surface area contributed by atoms with Crippen LogP contribution in [-0.2, 0) is 0 Å². The third kappa shape index (κ3) is 2.50. The number of ether oxygens (including phenoxy) is 1. The Morgan fingerprint density at radius 1 is 1.21 bits per heavy atom. The lowest BCUT2D eigenvalue weighted by atomic mass is 10.1. The van der Waals surface area contributed by atoms with E-state index in [1.54, 1.807) is 6.07 Å². The molecule has 0 N–H and O–H groups in total. The van der Waals surface area contributed by atoms with Gasteiger partial charge in [-0.2, -0.15) is 5.26 Å². The molecule has 1 atom stereocenters. The number of rotatable bonds is 3. The third-order valence-electron chi connectivity index (χ3n) is 2.26. The Bertz CT molecular complexity index is 338. The summed E-state index contributed by atoms with van der Waals surface area (Å²) in [6.45, 7) is 6.21. The van der Waals surface area contributed by atoms with Crippen molar-refractivity contribution in [2.24, 2.45) is 5.92 Å². The zero-order valence-electron chi connectivity index (χ0n) is 8.82. The molecule has 14 heavy (non-hydrogen) atoms. The second kappa shape index (κ2) is 4.66. The molecule has 0 heterocycles. The van der Waals surface area contributed by atoms with Crippen LogP contribution < -0.4 is 4.74 Å². The average Bonchev–Trinajstić information content (AvgIpc) is 2.18. The molecule has 0 amide bonds. The highest BCUT2D eigenvalue weighted by Crippen LogP contribution is 2.20. The molecule has 0 saturated carbocycles. The molecular weight excluding hydrogens is 174 g/mol. The summed E-state index contributed by atoms with van der Waals surface area (Å²) in [5, 5.41) is 8.84. The first-order valence-electron chi connectivity index (χ1n) is 4.81. The van der Waals surface area contributed by atoms with Crippen molar-refractivity contribution >= 4 is 0 Å². The molecule has 0 fully saturated rings. The van der Waals surface area contributed by atoms with E-state index in [0.717, 1.165) is 0 Å². The summed E-state index contributed by atoms with van der Waals surface area (Å²) in [6, 6.07) is 9.43. The molecule has 0 saturated heterocycles. The summed E-state index contributed by atoms with van der Waals surface area (Å²) < 4.78 is 5.68. The van der Waals surface area contributed by atoms with Crippen molar-refractivity contribution in [3.05, 3.63) is 29.8 Å². The molecule has 1 unspecified atom stereocenters. The Morgan fingerprint density at radius 2 is 1.86 bits per heavy atom. The minimum absolute atomic E-state index is 0.129. The molecule has 0 bridgehead atoms. The van der Waals surface area contributed by atoms with Crippen molar-refractivity contribution in [2.45, 2.75) is 26.9 Å². The number of hydrogen-bond donors (Lipinski definition) is 0. The lowest BCUT2D eigenvalue weighted by molar-refractivity contribution is 0.170. The average molecular weight is 189 g/mol. The van der Waals surface area contributed by atoms with E-state index in [1.165, 1.54) is 0 Å². The predicted molar refractivity (Wildman–Crippen MR) is 56.1 cm³/mol. The first-order chi connectivity index (χ1) is 6.65. The van der Waals surface area contributed by atoms with Crippen molar-refractivity contribution in [3.63, 3.8) is 0 Å². The minimum Gasteiger partial charge on any atom is -0.489 e. The molecule has 1 rings (SSSR count).